The molecule has 2 saturated carbocycles. The first-order valence-electron chi connectivity index (χ1n) is 7.40. The highest BCUT2D eigenvalue weighted by molar-refractivity contribution is 7.09. The van der Waals surface area contributed by atoms with E-state index in [0.717, 1.165) is 11.0 Å². The molecule has 2 atom stereocenters. The Hall–Kier alpha value is -1.49. The zero-order chi connectivity index (χ0) is 13.4. The van der Waals surface area contributed by atoms with Crippen LogP contribution in [-0.2, 0) is 0 Å². The Labute approximate surface area is 122 Å². The minimum absolute atomic E-state index is 0.503. The number of hydrogen-bond donors (Lipinski definition) is 1. The van der Waals surface area contributed by atoms with Crippen LogP contribution in [0.3, 0.4) is 0 Å². The number of nitrogens with zero attached hydrogens (tertiary/aromatic N) is 3. The molecule has 4 nitrogen and oxygen atoms in total. The third-order valence-corrected chi connectivity index (χ3v) is 5.03. The average molecular weight is 286 g/mol. The first kappa shape index (κ1) is 12.3. The topological polar surface area (TPSA) is 50.7 Å². The highest BCUT2D eigenvalue weighted by Crippen LogP contribution is 2.43. The fourth-order valence-corrected chi connectivity index (χ4v) is 3.83. The molecule has 0 aliphatic heterocycles. The van der Waals surface area contributed by atoms with Crippen molar-refractivity contribution in [1.82, 2.24) is 14.3 Å². The SMILES string of the molecule is c1cncc([C@H]2C[C@@H]2Nc2nc(C3CCCC3)ns2)c1. The summed E-state index contributed by atoms with van der Waals surface area (Å²) >= 11 is 1.51. The van der Waals surface area contributed by atoms with E-state index in [-0.39, 0.29) is 0 Å². The minimum atomic E-state index is 0.503. The summed E-state index contributed by atoms with van der Waals surface area (Å²) in [5.41, 5.74) is 1.32. The van der Waals surface area contributed by atoms with Crippen LogP contribution in [0.2, 0.25) is 0 Å². The van der Waals surface area contributed by atoms with E-state index in [1.165, 1.54) is 49.2 Å². The van der Waals surface area contributed by atoms with Gasteiger partial charge in [-0.05, 0) is 30.9 Å². The van der Waals surface area contributed by atoms with Gasteiger partial charge in [-0.2, -0.15) is 4.37 Å². The van der Waals surface area contributed by atoms with Crippen molar-refractivity contribution in [3.05, 3.63) is 35.9 Å². The number of nitrogens with one attached hydrogen (secondary N) is 1. The highest BCUT2D eigenvalue weighted by Gasteiger charge is 2.39. The van der Waals surface area contributed by atoms with Crippen LogP contribution < -0.4 is 5.32 Å². The van der Waals surface area contributed by atoms with Crippen LogP contribution in [-0.4, -0.2) is 20.4 Å². The molecule has 0 bridgehead atoms. The second kappa shape index (κ2) is 5.13. The van der Waals surface area contributed by atoms with Gasteiger partial charge in [0.1, 0.15) is 5.82 Å². The standard InChI is InChI=1S/C15H18N4S/c1-2-5-10(4-1)14-18-15(20-19-14)17-13-8-12(13)11-6-3-7-16-9-11/h3,6-7,9-10,12-13H,1-2,4-5,8H2,(H,17,18,19)/t12-,13+/m1/s1. The van der Waals surface area contributed by atoms with Crippen LogP contribution >= 0.6 is 11.5 Å². The van der Waals surface area contributed by atoms with Gasteiger partial charge in [0.2, 0.25) is 5.13 Å². The second-order valence-corrected chi connectivity index (χ2v) is 6.57. The van der Waals surface area contributed by atoms with E-state index in [9.17, 15) is 0 Å². The van der Waals surface area contributed by atoms with Crippen LogP contribution in [0.15, 0.2) is 24.5 Å². The molecule has 2 aromatic rings. The van der Waals surface area contributed by atoms with E-state index in [4.69, 9.17) is 0 Å². The summed E-state index contributed by atoms with van der Waals surface area (Å²) in [7, 11) is 0. The molecule has 0 aromatic carbocycles. The molecule has 2 fully saturated rings. The van der Waals surface area contributed by atoms with E-state index in [1.54, 1.807) is 0 Å². The molecule has 2 heterocycles. The van der Waals surface area contributed by atoms with E-state index < -0.39 is 0 Å². The van der Waals surface area contributed by atoms with Crippen molar-refractivity contribution < 1.29 is 0 Å². The molecule has 1 N–H and O–H groups in total. The second-order valence-electron chi connectivity index (χ2n) is 5.82. The quantitative estimate of drug-likeness (QED) is 0.933. The third-order valence-electron chi connectivity index (χ3n) is 4.37. The molecule has 0 amide bonds. The van der Waals surface area contributed by atoms with Crippen molar-refractivity contribution in [2.24, 2.45) is 0 Å². The monoisotopic (exact) mass is 286 g/mol. The molecule has 0 spiro atoms. The summed E-state index contributed by atoms with van der Waals surface area (Å²) in [5.74, 6) is 2.26. The van der Waals surface area contributed by atoms with Crippen molar-refractivity contribution in [2.75, 3.05) is 5.32 Å². The molecule has 0 saturated heterocycles. The normalized spacial score (nSPS) is 25.8. The molecule has 20 heavy (non-hydrogen) atoms. The smallest absolute Gasteiger partial charge is 0.202 e. The zero-order valence-corrected chi connectivity index (χ0v) is 12.1. The molecule has 4 rings (SSSR count). The summed E-state index contributed by atoms with van der Waals surface area (Å²) in [5, 5.41) is 4.51. The zero-order valence-electron chi connectivity index (χ0n) is 11.3. The summed E-state index contributed by atoms with van der Waals surface area (Å²) in [4.78, 5) is 8.87. The molecular formula is C15H18N4S. The predicted octanol–water partition coefficient (Wildman–Crippen LogP) is 3.56. The van der Waals surface area contributed by atoms with Crippen LogP contribution in [0, 0.1) is 0 Å². The van der Waals surface area contributed by atoms with Crippen molar-refractivity contribution in [2.45, 2.75) is 50.0 Å². The summed E-state index contributed by atoms with van der Waals surface area (Å²) in [6.07, 6.45) is 10.2. The molecule has 2 aromatic heterocycles. The van der Waals surface area contributed by atoms with Gasteiger partial charge >= 0.3 is 0 Å². The number of rotatable bonds is 4. The number of pyridine rings is 1. The molecule has 0 radical (unpaired) electrons. The van der Waals surface area contributed by atoms with Gasteiger partial charge < -0.3 is 5.32 Å². The third kappa shape index (κ3) is 2.42. The van der Waals surface area contributed by atoms with E-state index in [1.807, 2.05) is 18.5 Å². The van der Waals surface area contributed by atoms with Crippen LogP contribution in [0.5, 0.6) is 0 Å². The van der Waals surface area contributed by atoms with Crippen LogP contribution in [0.25, 0.3) is 0 Å². The van der Waals surface area contributed by atoms with Crippen molar-refractivity contribution in [1.29, 1.82) is 0 Å². The lowest BCUT2D eigenvalue weighted by atomic mass is 10.1. The van der Waals surface area contributed by atoms with Crippen LogP contribution in [0.1, 0.15) is 55.3 Å². The fourth-order valence-electron chi connectivity index (χ4n) is 3.12. The Morgan fingerprint density at radius 1 is 1.25 bits per heavy atom. The predicted molar refractivity (Wildman–Crippen MR) is 80.1 cm³/mol. The van der Waals surface area contributed by atoms with Gasteiger partial charge in [0, 0.05) is 41.8 Å². The van der Waals surface area contributed by atoms with Crippen LogP contribution in [0.4, 0.5) is 5.13 Å². The Morgan fingerprint density at radius 2 is 2.15 bits per heavy atom. The summed E-state index contributed by atoms with van der Waals surface area (Å²) < 4.78 is 4.53. The Kier molecular flexibility index (Phi) is 3.14. The number of aromatic nitrogens is 3. The van der Waals surface area contributed by atoms with Gasteiger partial charge in [-0.25, -0.2) is 4.98 Å². The van der Waals surface area contributed by atoms with Gasteiger partial charge in [0.25, 0.3) is 0 Å². The lowest BCUT2D eigenvalue weighted by Gasteiger charge is -2.02. The Balaban J connectivity index is 1.39. The first-order valence-corrected chi connectivity index (χ1v) is 8.17. The Morgan fingerprint density at radius 3 is 2.95 bits per heavy atom. The number of hydrogen-bond acceptors (Lipinski definition) is 5. The molecule has 2 aliphatic carbocycles. The van der Waals surface area contributed by atoms with E-state index in [2.05, 4.69) is 25.7 Å². The molecule has 104 valence electrons. The maximum absolute atomic E-state index is 4.68. The van der Waals surface area contributed by atoms with Gasteiger partial charge in [0.15, 0.2) is 0 Å². The van der Waals surface area contributed by atoms with Crippen molar-refractivity contribution in [3.63, 3.8) is 0 Å². The summed E-state index contributed by atoms with van der Waals surface area (Å²) in [6, 6.07) is 4.67. The van der Waals surface area contributed by atoms with Gasteiger partial charge in [-0.1, -0.05) is 18.9 Å². The lowest BCUT2D eigenvalue weighted by molar-refractivity contribution is 0.681. The molecule has 5 heteroatoms. The molecule has 2 aliphatic rings. The summed E-state index contributed by atoms with van der Waals surface area (Å²) in [6.45, 7) is 0. The number of anilines is 1. The van der Waals surface area contributed by atoms with E-state index >= 15 is 0 Å². The average Bonchev–Trinajstić information content (AvgIpc) is 2.91. The fraction of sp³-hybridized carbons (Fsp3) is 0.533. The first-order chi connectivity index (χ1) is 9.90. The minimum Gasteiger partial charge on any atom is -0.357 e. The van der Waals surface area contributed by atoms with Gasteiger partial charge in [-0.15, -0.1) is 0 Å². The van der Waals surface area contributed by atoms with Gasteiger partial charge in [0.05, 0.1) is 0 Å². The maximum atomic E-state index is 4.68. The van der Waals surface area contributed by atoms with Gasteiger partial charge in [-0.3, -0.25) is 4.98 Å². The highest BCUT2D eigenvalue weighted by atomic mass is 32.1. The largest absolute Gasteiger partial charge is 0.357 e. The Bertz CT molecular complexity index is 577. The maximum Gasteiger partial charge on any atom is 0.202 e. The molecular weight excluding hydrogens is 268 g/mol. The van der Waals surface area contributed by atoms with Crippen molar-refractivity contribution >= 4 is 16.7 Å². The lowest BCUT2D eigenvalue weighted by Crippen LogP contribution is -2.04. The van der Waals surface area contributed by atoms with Crippen molar-refractivity contribution in [3.8, 4) is 0 Å². The molecule has 0 unspecified atom stereocenters. The van der Waals surface area contributed by atoms with E-state index in [0.29, 0.717) is 17.9 Å².